The molecule has 1 unspecified atom stereocenters. The van der Waals surface area contributed by atoms with E-state index >= 15 is 0 Å². The Morgan fingerprint density at radius 2 is 1.74 bits per heavy atom. The van der Waals surface area contributed by atoms with E-state index in [0.29, 0.717) is 5.56 Å². The molecule has 6 heteroatoms. The SMILES string of the molecule is Cc1cc([O-])c(C(C(=O)c2ccccc2)[n+]2ccc(N(C)C)cc2)c(=O)o1. The number of hydrogen-bond donors (Lipinski definition) is 0. The summed E-state index contributed by atoms with van der Waals surface area (Å²) in [5.41, 5.74) is 0.344. The Hall–Kier alpha value is -3.41. The molecule has 2 aromatic heterocycles. The molecule has 27 heavy (non-hydrogen) atoms. The summed E-state index contributed by atoms with van der Waals surface area (Å²) in [6.07, 6.45) is 3.36. The Morgan fingerprint density at radius 3 is 2.30 bits per heavy atom. The third-order valence-corrected chi connectivity index (χ3v) is 4.30. The third-order valence-electron chi connectivity index (χ3n) is 4.30. The van der Waals surface area contributed by atoms with Gasteiger partial charge in [0, 0.05) is 37.5 Å². The van der Waals surface area contributed by atoms with Crippen LogP contribution in [-0.4, -0.2) is 19.9 Å². The summed E-state index contributed by atoms with van der Waals surface area (Å²) < 4.78 is 6.67. The highest BCUT2D eigenvalue weighted by Gasteiger charge is 2.34. The molecule has 0 saturated heterocycles. The summed E-state index contributed by atoms with van der Waals surface area (Å²) in [5.74, 6) is -0.652. The zero-order valence-corrected chi connectivity index (χ0v) is 15.4. The Morgan fingerprint density at radius 1 is 1.11 bits per heavy atom. The molecule has 0 aliphatic carbocycles. The van der Waals surface area contributed by atoms with Gasteiger partial charge in [0.15, 0.2) is 12.4 Å². The summed E-state index contributed by atoms with van der Waals surface area (Å²) >= 11 is 0. The van der Waals surface area contributed by atoms with Crippen molar-refractivity contribution in [1.82, 2.24) is 0 Å². The molecule has 1 aromatic carbocycles. The van der Waals surface area contributed by atoms with Crippen molar-refractivity contribution in [3.05, 3.63) is 88.2 Å². The normalized spacial score (nSPS) is 11.8. The summed E-state index contributed by atoms with van der Waals surface area (Å²) in [6, 6.07) is 12.3. The molecule has 1 atom stereocenters. The quantitative estimate of drug-likeness (QED) is 0.510. The van der Waals surface area contributed by atoms with Gasteiger partial charge in [-0.25, -0.2) is 4.79 Å². The summed E-state index contributed by atoms with van der Waals surface area (Å²) in [4.78, 5) is 27.6. The van der Waals surface area contributed by atoms with Crippen LogP contribution >= 0.6 is 0 Å². The van der Waals surface area contributed by atoms with Gasteiger partial charge in [-0.3, -0.25) is 4.79 Å². The van der Waals surface area contributed by atoms with Gasteiger partial charge in [-0.1, -0.05) is 36.1 Å². The maximum atomic E-state index is 13.2. The fraction of sp³-hybridized carbons (Fsp3) is 0.190. The molecule has 0 radical (unpaired) electrons. The Balaban J connectivity index is 2.18. The van der Waals surface area contributed by atoms with Crippen LogP contribution in [-0.2, 0) is 0 Å². The van der Waals surface area contributed by atoms with Gasteiger partial charge in [-0.15, -0.1) is 0 Å². The summed E-state index contributed by atoms with van der Waals surface area (Å²) in [6.45, 7) is 1.53. The van der Waals surface area contributed by atoms with E-state index < -0.39 is 17.4 Å². The van der Waals surface area contributed by atoms with Gasteiger partial charge in [-0.2, -0.15) is 4.57 Å². The lowest BCUT2D eigenvalue weighted by atomic mass is 9.97. The average Bonchev–Trinajstić information content (AvgIpc) is 2.65. The first kappa shape index (κ1) is 18.4. The van der Waals surface area contributed by atoms with Crippen LogP contribution < -0.4 is 20.2 Å². The third kappa shape index (κ3) is 3.74. The second kappa shape index (κ2) is 7.45. The lowest BCUT2D eigenvalue weighted by molar-refractivity contribution is -0.699. The Kier molecular flexibility index (Phi) is 5.07. The van der Waals surface area contributed by atoms with E-state index in [0.717, 1.165) is 5.69 Å². The number of anilines is 1. The van der Waals surface area contributed by atoms with Gasteiger partial charge in [0.05, 0.1) is 0 Å². The molecule has 3 aromatic rings. The van der Waals surface area contributed by atoms with Crippen LogP contribution in [0.5, 0.6) is 5.75 Å². The molecule has 0 bridgehead atoms. The maximum absolute atomic E-state index is 13.2. The van der Waals surface area contributed by atoms with Crippen LogP contribution in [0.2, 0.25) is 0 Å². The number of aromatic nitrogens is 1. The first-order valence-corrected chi connectivity index (χ1v) is 8.47. The van der Waals surface area contributed by atoms with Crippen molar-refractivity contribution in [2.45, 2.75) is 13.0 Å². The monoisotopic (exact) mass is 364 g/mol. The second-order valence-corrected chi connectivity index (χ2v) is 6.45. The van der Waals surface area contributed by atoms with E-state index in [1.165, 1.54) is 13.0 Å². The van der Waals surface area contributed by atoms with E-state index in [-0.39, 0.29) is 17.1 Å². The first-order chi connectivity index (χ1) is 12.9. The molecule has 0 aliphatic rings. The predicted molar refractivity (Wildman–Crippen MR) is 99.0 cm³/mol. The van der Waals surface area contributed by atoms with Crippen LogP contribution in [0.25, 0.3) is 0 Å². The van der Waals surface area contributed by atoms with Crippen LogP contribution in [0.3, 0.4) is 0 Å². The molecule has 0 aliphatic heterocycles. The van der Waals surface area contributed by atoms with Crippen LogP contribution in [0.15, 0.2) is 70.1 Å². The number of Topliss-reactive ketones (excluding diaryl/α,β-unsaturated/α-hetero) is 1. The molecule has 3 rings (SSSR count). The number of benzene rings is 1. The number of rotatable bonds is 5. The topological polar surface area (TPSA) is 77.5 Å². The number of aryl methyl sites for hydroxylation is 1. The van der Waals surface area contributed by atoms with Crippen LogP contribution in [0, 0.1) is 6.92 Å². The van der Waals surface area contributed by atoms with Gasteiger partial charge in [0.2, 0.25) is 5.78 Å². The minimum Gasteiger partial charge on any atom is -0.872 e. The number of pyridine rings is 1. The molecular formula is C21H20N2O4. The van der Waals surface area contributed by atoms with E-state index in [9.17, 15) is 14.7 Å². The highest BCUT2D eigenvalue weighted by molar-refractivity contribution is 6.00. The van der Waals surface area contributed by atoms with E-state index in [2.05, 4.69) is 0 Å². The van der Waals surface area contributed by atoms with Crippen molar-refractivity contribution < 1.29 is 18.9 Å². The van der Waals surface area contributed by atoms with Gasteiger partial charge < -0.3 is 14.4 Å². The van der Waals surface area contributed by atoms with Gasteiger partial charge in [0.25, 0.3) is 6.04 Å². The molecule has 2 heterocycles. The molecule has 0 amide bonds. The van der Waals surface area contributed by atoms with Crippen molar-refractivity contribution in [1.29, 1.82) is 0 Å². The maximum Gasteiger partial charge on any atom is 0.345 e. The minimum absolute atomic E-state index is 0.197. The van der Waals surface area contributed by atoms with Crippen LogP contribution in [0.1, 0.15) is 27.7 Å². The van der Waals surface area contributed by atoms with Gasteiger partial charge >= 0.3 is 5.63 Å². The molecule has 0 N–H and O–H groups in total. The number of ketones is 1. The highest BCUT2D eigenvalue weighted by Crippen LogP contribution is 2.23. The lowest BCUT2D eigenvalue weighted by Crippen LogP contribution is -2.46. The van der Waals surface area contributed by atoms with E-state index in [1.807, 2.05) is 31.1 Å². The summed E-state index contributed by atoms with van der Waals surface area (Å²) in [5, 5.41) is 12.6. The molecule has 138 valence electrons. The summed E-state index contributed by atoms with van der Waals surface area (Å²) in [7, 11) is 3.80. The molecule has 0 fully saturated rings. The Bertz CT molecular complexity index is 1010. The molecule has 0 saturated carbocycles. The zero-order valence-electron chi connectivity index (χ0n) is 15.4. The number of carbonyl (C=O) groups excluding carboxylic acids is 1. The van der Waals surface area contributed by atoms with Gasteiger partial charge in [0.1, 0.15) is 11.3 Å². The van der Waals surface area contributed by atoms with Crippen LogP contribution in [0.4, 0.5) is 5.69 Å². The number of nitrogens with zero attached hydrogens (tertiary/aromatic N) is 2. The average molecular weight is 364 g/mol. The molecule has 0 spiro atoms. The van der Waals surface area contributed by atoms with Gasteiger partial charge in [-0.05, 0) is 13.0 Å². The minimum atomic E-state index is -1.10. The molecule has 6 nitrogen and oxygen atoms in total. The van der Waals surface area contributed by atoms with Crippen molar-refractivity contribution in [3.8, 4) is 5.75 Å². The largest absolute Gasteiger partial charge is 0.872 e. The van der Waals surface area contributed by atoms with E-state index in [1.54, 1.807) is 47.3 Å². The fourth-order valence-electron chi connectivity index (χ4n) is 2.92. The van der Waals surface area contributed by atoms with Crippen molar-refractivity contribution in [2.75, 3.05) is 19.0 Å². The zero-order chi connectivity index (χ0) is 19.6. The second-order valence-electron chi connectivity index (χ2n) is 6.45. The number of carbonyl (C=O) groups is 1. The van der Waals surface area contributed by atoms with Crippen molar-refractivity contribution in [3.63, 3.8) is 0 Å². The van der Waals surface area contributed by atoms with E-state index in [4.69, 9.17) is 4.42 Å². The molecular weight excluding hydrogens is 344 g/mol. The smallest absolute Gasteiger partial charge is 0.345 e. The standard InChI is InChI=1S/C21H20N2O4/c1-14-13-17(24)18(21(26)27-14)19(20(25)15-7-5-4-6-8-15)23-11-9-16(10-12-23)22(2)3/h4-13,19H,1-3H3. The number of hydrogen-bond acceptors (Lipinski definition) is 5. The lowest BCUT2D eigenvalue weighted by Gasteiger charge is -2.18. The fourth-order valence-corrected chi connectivity index (χ4v) is 2.92. The highest BCUT2D eigenvalue weighted by atomic mass is 16.4. The van der Waals surface area contributed by atoms with Crippen molar-refractivity contribution >= 4 is 11.5 Å². The van der Waals surface area contributed by atoms with Crippen molar-refractivity contribution in [2.24, 2.45) is 0 Å². The first-order valence-electron chi connectivity index (χ1n) is 8.47. The Labute approximate surface area is 156 Å². The predicted octanol–water partition coefficient (Wildman–Crippen LogP) is 1.85.